The Morgan fingerprint density at radius 3 is 2.43 bits per heavy atom. The van der Waals surface area contributed by atoms with E-state index in [1.54, 1.807) is 0 Å². The lowest BCUT2D eigenvalue weighted by Gasteiger charge is -2.16. The smallest absolute Gasteiger partial charge is 0.339 e. The third-order valence-corrected chi connectivity index (χ3v) is 6.69. The molecular weight excluding hydrogens is 402 g/mol. The molecule has 1 aliphatic heterocycles. The first-order chi connectivity index (χ1) is 13.4. The summed E-state index contributed by atoms with van der Waals surface area (Å²) in [5.41, 5.74) is 1.15. The zero-order chi connectivity index (χ0) is 20.1. The number of benzene rings is 2. The topological polar surface area (TPSA) is 72.9 Å². The van der Waals surface area contributed by atoms with Crippen LogP contribution in [0.3, 0.4) is 0 Å². The number of hydrogen-bond acceptors (Lipinski definition) is 5. The summed E-state index contributed by atoms with van der Waals surface area (Å²) in [5.74, 6) is -0.00522. The molecule has 2 aromatic rings. The Kier molecular flexibility index (Phi) is 6.59. The van der Waals surface area contributed by atoms with E-state index in [1.807, 2.05) is 31.2 Å². The van der Waals surface area contributed by atoms with E-state index >= 15 is 0 Å². The molecule has 2 aromatic carbocycles. The first-order valence-corrected chi connectivity index (χ1v) is 10.9. The number of nitrogens with zero attached hydrogens (tertiary/aromatic N) is 1. The summed E-state index contributed by atoms with van der Waals surface area (Å²) >= 11 is 6.08. The van der Waals surface area contributed by atoms with Gasteiger partial charge in [0.2, 0.25) is 10.0 Å². The van der Waals surface area contributed by atoms with Crippen LogP contribution in [-0.2, 0) is 14.8 Å². The van der Waals surface area contributed by atoms with Crippen LogP contribution in [0.2, 0.25) is 5.02 Å². The molecular formula is C20H22ClNO5S. The summed E-state index contributed by atoms with van der Waals surface area (Å²) in [4.78, 5) is 12.4. The third kappa shape index (κ3) is 4.84. The average Bonchev–Trinajstić information content (AvgIpc) is 3.22. The van der Waals surface area contributed by atoms with Crippen LogP contribution in [0.4, 0.5) is 0 Å². The third-order valence-electron chi connectivity index (χ3n) is 4.47. The lowest BCUT2D eigenvalue weighted by atomic mass is 10.2. The zero-order valence-electron chi connectivity index (χ0n) is 15.6. The van der Waals surface area contributed by atoms with Crippen molar-refractivity contribution in [2.24, 2.45) is 0 Å². The Hall–Kier alpha value is -2.09. The molecule has 1 saturated heterocycles. The summed E-state index contributed by atoms with van der Waals surface area (Å²) in [5, 5.41) is 0.143. The molecule has 0 bridgehead atoms. The molecule has 0 radical (unpaired) electrons. The number of ether oxygens (including phenoxy) is 2. The molecule has 0 aromatic heterocycles. The van der Waals surface area contributed by atoms with Gasteiger partial charge in [-0.15, -0.1) is 0 Å². The summed E-state index contributed by atoms with van der Waals surface area (Å²) < 4.78 is 37.5. The van der Waals surface area contributed by atoms with E-state index in [0.717, 1.165) is 18.4 Å². The fourth-order valence-corrected chi connectivity index (χ4v) is 4.64. The number of sulfonamides is 1. The zero-order valence-corrected chi connectivity index (χ0v) is 17.1. The van der Waals surface area contributed by atoms with Gasteiger partial charge in [0, 0.05) is 13.1 Å². The molecule has 1 heterocycles. The first kappa shape index (κ1) is 20.6. The molecule has 3 rings (SSSR count). The van der Waals surface area contributed by atoms with Crippen molar-refractivity contribution in [3.8, 4) is 5.75 Å². The van der Waals surface area contributed by atoms with Crippen molar-refractivity contribution in [2.75, 3.05) is 26.3 Å². The molecule has 0 N–H and O–H groups in total. The quantitative estimate of drug-likeness (QED) is 0.502. The Morgan fingerprint density at radius 1 is 1.07 bits per heavy atom. The monoisotopic (exact) mass is 423 g/mol. The second-order valence-corrected chi connectivity index (χ2v) is 8.90. The maximum atomic E-state index is 12.7. The number of esters is 1. The maximum absolute atomic E-state index is 12.7. The van der Waals surface area contributed by atoms with Crippen LogP contribution in [-0.4, -0.2) is 45.0 Å². The molecule has 0 aliphatic carbocycles. The van der Waals surface area contributed by atoms with Crippen LogP contribution < -0.4 is 4.74 Å². The minimum atomic E-state index is -3.63. The van der Waals surface area contributed by atoms with Gasteiger partial charge in [-0.05, 0) is 50.1 Å². The van der Waals surface area contributed by atoms with Crippen molar-refractivity contribution >= 4 is 27.6 Å². The minimum Gasteiger partial charge on any atom is -0.490 e. The van der Waals surface area contributed by atoms with E-state index in [0.29, 0.717) is 18.8 Å². The van der Waals surface area contributed by atoms with Crippen LogP contribution in [0.25, 0.3) is 0 Å². The molecule has 0 atom stereocenters. The molecule has 0 amide bonds. The van der Waals surface area contributed by atoms with Gasteiger partial charge in [0.1, 0.15) is 19.0 Å². The van der Waals surface area contributed by atoms with Crippen LogP contribution in [0.1, 0.15) is 28.8 Å². The van der Waals surface area contributed by atoms with Gasteiger partial charge in [-0.1, -0.05) is 29.3 Å². The molecule has 1 fully saturated rings. The Balaban J connectivity index is 1.62. The molecule has 6 nitrogen and oxygen atoms in total. The summed E-state index contributed by atoms with van der Waals surface area (Å²) in [6.45, 7) is 3.15. The van der Waals surface area contributed by atoms with Crippen molar-refractivity contribution in [1.29, 1.82) is 0 Å². The first-order valence-electron chi connectivity index (χ1n) is 9.04. The number of rotatable bonds is 7. The fourth-order valence-electron chi connectivity index (χ4n) is 2.90. The van der Waals surface area contributed by atoms with Gasteiger partial charge < -0.3 is 9.47 Å². The Labute approximate surface area is 170 Å². The van der Waals surface area contributed by atoms with E-state index < -0.39 is 16.0 Å². The Bertz CT molecular complexity index is 938. The second kappa shape index (κ2) is 8.94. The van der Waals surface area contributed by atoms with E-state index in [9.17, 15) is 13.2 Å². The van der Waals surface area contributed by atoms with Crippen molar-refractivity contribution in [2.45, 2.75) is 24.7 Å². The molecule has 28 heavy (non-hydrogen) atoms. The van der Waals surface area contributed by atoms with Gasteiger partial charge in [0.25, 0.3) is 0 Å². The number of carbonyl (C=O) groups is 1. The number of hydrogen-bond donors (Lipinski definition) is 0. The molecule has 0 unspecified atom stereocenters. The minimum absolute atomic E-state index is 0.0200. The van der Waals surface area contributed by atoms with Gasteiger partial charge >= 0.3 is 5.97 Å². The van der Waals surface area contributed by atoms with E-state index in [-0.39, 0.29) is 28.7 Å². The molecule has 0 spiro atoms. The van der Waals surface area contributed by atoms with Gasteiger partial charge in [0.05, 0.1) is 15.5 Å². The normalized spacial score (nSPS) is 14.8. The van der Waals surface area contributed by atoms with Crippen LogP contribution in [0.15, 0.2) is 47.4 Å². The molecule has 1 aliphatic rings. The van der Waals surface area contributed by atoms with Crippen LogP contribution in [0.5, 0.6) is 5.75 Å². The molecule has 8 heteroatoms. The highest BCUT2D eigenvalue weighted by atomic mass is 35.5. The SMILES string of the molecule is Cc1ccc(OCCOC(=O)c2cc(S(=O)(=O)N3CCCC3)ccc2Cl)cc1. The molecule has 0 saturated carbocycles. The largest absolute Gasteiger partial charge is 0.490 e. The van der Waals surface area contributed by atoms with Crippen molar-refractivity contribution in [3.05, 3.63) is 58.6 Å². The lowest BCUT2D eigenvalue weighted by Crippen LogP contribution is -2.28. The highest BCUT2D eigenvalue weighted by Gasteiger charge is 2.28. The van der Waals surface area contributed by atoms with Crippen molar-refractivity contribution in [1.82, 2.24) is 4.31 Å². The van der Waals surface area contributed by atoms with Crippen LogP contribution in [0, 0.1) is 6.92 Å². The van der Waals surface area contributed by atoms with Gasteiger partial charge in [-0.3, -0.25) is 0 Å². The van der Waals surface area contributed by atoms with Crippen LogP contribution >= 0.6 is 11.6 Å². The number of halogens is 1. The highest BCUT2D eigenvalue weighted by Crippen LogP contribution is 2.25. The Morgan fingerprint density at radius 2 is 1.75 bits per heavy atom. The van der Waals surface area contributed by atoms with E-state index in [2.05, 4.69) is 0 Å². The van der Waals surface area contributed by atoms with Crippen molar-refractivity contribution in [3.63, 3.8) is 0 Å². The predicted molar refractivity (Wildman–Crippen MR) is 106 cm³/mol. The number of carbonyl (C=O) groups excluding carboxylic acids is 1. The average molecular weight is 424 g/mol. The fraction of sp³-hybridized carbons (Fsp3) is 0.350. The molecule has 150 valence electrons. The van der Waals surface area contributed by atoms with Gasteiger partial charge in [-0.25, -0.2) is 13.2 Å². The summed E-state index contributed by atoms with van der Waals surface area (Å²) in [6, 6.07) is 11.6. The highest BCUT2D eigenvalue weighted by molar-refractivity contribution is 7.89. The standard InChI is InChI=1S/C20H22ClNO5S/c1-15-4-6-16(7-5-15)26-12-13-27-20(23)18-14-17(8-9-19(18)21)28(24,25)22-10-2-3-11-22/h4-9,14H,2-3,10-13H2,1H3. The second-order valence-electron chi connectivity index (χ2n) is 6.55. The van der Waals surface area contributed by atoms with Crippen molar-refractivity contribution < 1.29 is 22.7 Å². The number of aryl methyl sites for hydroxylation is 1. The van der Waals surface area contributed by atoms with Gasteiger partial charge in [-0.2, -0.15) is 4.31 Å². The maximum Gasteiger partial charge on any atom is 0.339 e. The lowest BCUT2D eigenvalue weighted by molar-refractivity contribution is 0.0450. The predicted octanol–water partition coefficient (Wildman–Crippen LogP) is 3.67. The van der Waals surface area contributed by atoms with Gasteiger partial charge in [0.15, 0.2) is 0 Å². The van der Waals surface area contributed by atoms with E-state index in [1.165, 1.54) is 22.5 Å². The summed E-state index contributed by atoms with van der Waals surface area (Å²) in [6.07, 6.45) is 1.67. The summed E-state index contributed by atoms with van der Waals surface area (Å²) in [7, 11) is -3.63. The van der Waals surface area contributed by atoms with E-state index in [4.69, 9.17) is 21.1 Å².